The van der Waals surface area contributed by atoms with Gasteiger partial charge in [-0.05, 0) is 51.5 Å². The van der Waals surface area contributed by atoms with Crippen LogP contribution in [-0.4, -0.2) is 11.5 Å². The lowest BCUT2D eigenvalue weighted by atomic mass is 9.76. The maximum atomic E-state index is 4.98. The van der Waals surface area contributed by atoms with Gasteiger partial charge in [0.2, 0.25) is 0 Å². The second-order valence-electron chi connectivity index (χ2n) is 6.50. The van der Waals surface area contributed by atoms with Crippen LogP contribution >= 0.6 is 11.3 Å². The van der Waals surface area contributed by atoms with Gasteiger partial charge in [-0.2, -0.15) is 0 Å². The van der Waals surface area contributed by atoms with Crippen molar-refractivity contribution < 1.29 is 0 Å². The van der Waals surface area contributed by atoms with Gasteiger partial charge in [0.05, 0.1) is 11.2 Å². The third-order valence-corrected chi connectivity index (χ3v) is 6.18. The third kappa shape index (κ3) is 2.73. The molecule has 0 aliphatic heterocycles. The van der Waals surface area contributed by atoms with E-state index in [-0.39, 0.29) is 5.54 Å². The minimum atomic E-state index is 0.121. The molecule has 106 valence electrons. The fourth-order valence-corrected chi connectivity index (χ4v) is 4.62. The van der Waals surface area contributed by atoms with Gasteiger partial charge in [0.1, 0.15) is 5.01 Å². The zero-order chi connectivity index (χ0) is 13.3. The number of nitrogens with zero attached hydrogens (tertiary/aromatic N) is 1. The maximum Gasteiger partial charge on any atom is 0.113 e. The number of aryl methyl sites for hydroxylation is 2. The van der Waals surface area contributed by atoms with Crippen LogP contribution in [0.3, 0.4) is 0 Å². The SMILES string of the molecule is CCCNC(C)(CC1CCC1)c1nc2c(s1)CCC2. The first-order chi connectivity index (χ1) is 9.21. The smallest absolute Gasteiger partial charge is 0.113 e. The Morgan fingerprint density at radius 2 is 2.16 bits per heavy atom. The molecule has 0 spiro atoms. The Hall–Kier alpha value is -0.410. The highest BCUT2D eigenvalue weighted by molar-refractivity contribution is 7.12. The zero-order valence-corrected chi connectivity index (χ0v) is 13.1. The summed E-state index contributed by atoms with van der Waals surface area (Å²) in [7, 11) is 0. The van der Waals surface area contributed by atoms with Gasteiger partial charge >= 0.3 is 0 Å². The fourth-order valence-electron chi connectivity index (χ4n) is 3.34. The quantitative estimate of drug-likeness (QED) is 0.849. The molecule has 1 aromatic rings. The average molecular weight is 278 g/mol. The number of thiazole rings is 1. The van der Waals surface area contributed by atoms with E-state index in [4.69, 9.17) is 4.98 Å². The Morgan fingerprint density at radius 1 is 1.32 bits per heavy atom. The minimum Gasteiger partial charge on any atom is -0.306 e. The highest BCUT2D eigenvalue weighted by atomic mass is 32.1. The van der Waals surface area contributed by atoms with Crippen LogP contribution in [-0.2, 0) is 18.4 Å². The van der Waals surface area contributed by atoms with Crippen LogP contribution in [0.4, 0.5) is 0 Å². The van der Waals surface area contributed by atoms with Crippen LogP contribution in [0.5, 0.6) is 0 Å². The van der Waals surface area contributed by atoms with Gasteiger partial charge in [-0.15, -0.1) is 11.3 Å². The van der Waals surface area contributed by atoms with Crippen LogP contribution < -0.4 is 5.32 Å². The molecule has 2 aliphatic carbocycles. The molecule has 1 aromatic heterocycles. The van der Waals surface area contributed by atoms with Gasteiger partial charge < -0.3 is 5.32 Å². The van der Waals surface area contributed by atoms with E-state index in [2.05, 4.69) is 19.2 Å². The zero-order valence-electron chi connectivity index (χ0n) is 12.3. The summed E-state index contributed by atoms with van der Waals surface area (Å²) in [6, 6.07) is 0. The monoisotopic (exact) mass is 278 g/mol. The molecule has 1 fully saturated rings. The molecular formula is C16H26N2S. The number of nitrogens with one attached hydrogen (secondary N) is 1. The van der Waals surface area contributed by atoms with Gasteiger partial charge in [-0.1, -0.05) is 26.2 Å². The number of hydrogen-bond acceptors (Lipinski definition) is 3. The summed E-state index contributed by atoms with van der Waals surface area (Å²) >= 11 is 1.98. The fraction of sp³-hybridized carbons (Fsp3) is 0.812. The summed E-state index contributed by atoms with van der Waals surface area (Å²) in [5.74, 6) is 0.924. The molecule has 0 bridgehead atoms. The summed E-state index contributed by atoms with van der Waals surface area (Å²) in [4.78, 5) is 6.55. The molecule has 0 saturated heterocycles. The number of rotatable bonds is 6. The van der Waals surface area contributed by atoms with Gasteiger partial charge in [0.15, 0.2) is 0 Å². The highest BCUT2D eigenvalue weighted by Crippen LogP contribution is 2.41. The van der Waals surface area contributed by atoms with Crippen molar-refractivity contribution >= 4 is 11.3 Å². The molecule has 2 nitrogen and oxygen atoms in total. The molecule has 0 amide bonds. The summed E-state index contributed by atoms with van der Waals surface area (Å²) in [5, 5.41) is 5.16. The normalized spacial score (nSPS) is 22.0. The van der Waals surface area contributed by atoms with Crippen LogP contribution in [0.1, 0.15) is 68.0 Å². The van der Waals surface area contributed by atoms with E-state index in [1.165, 1.54) is 62.1 Å². The Morgan fingerprint density at radius 3 is 2.79 bits per heavy atom. The lowest BCUT2D eigenvalue weighted by Gasteiger charge is -2.36. The first-order valence-corrected chi connectivity index (χ1v) is 8.77. The van der Waals surface area contributed by atoms with E-state index in [0.29, 0.717) is 0 Å². The molecule has 1 atom stereocenters. The maximum absolute atomic E-state index is 4.98. The van der Waals surface area contributed by atoms with E-state index in [1.807, 2.05) is 11.3 Å². The molecule has 1 saturated carbocycles. The predicted molar refractivity (Wildman–Crippen MR) is 81.7 cm³/mol. The predicted octanol–water partition coefficient (Wildman–Crippen LogP) is 4.04. The van der Waals surface area contributed by atoms with Crippen molar-refractivity contribution in [1.29, 1.82) is 0 Å². The highest BCUT2D eigenvalue weighted by Gasteiger charge is 2.35. The van der Waals surface area contributed by atoms with Crippen molar-refractivity contribution in [3.05, 3.63) is 15.6 Å². The number of aromatic nitrogens is 1. The molecule has 3 heteroatoms. The second-order valence-corrected chi connectivity index (χ2v) is 7.59. The molecule has 1 N–H and O–H groups in total. The third-order valence-electron chi connectivity index (χ3n) is 4.75. The van der Waals surface area contributed by atoms with E-state index >= 15 is 0 Å². The van der Waals surface area contributed by atoms with Crippen molar-refractivity contribution in [2.45, 2.75) is 70.8 Å². The van der Waals surface area contributed by atoms with Gasteiger partial charge in [0, 0.05) is 4.88 Å². The van der Waals surface area contributed by atoms with Crippen molar-refractivity contribution in [2.75, 3.05) is 6.54 Å². The van der Waals surface area contributed by atoms with E-state index in [1.54, 1.807) is 4.88 Å². The Labute approximate surface area is 121 Å². The van der Waals surface area contributed by atoms with Crippen LogP contribution in [0.25, 0.3) is 0 Å². The molecule has 1 unspecified atom stereocenters. The van der Waals surface area contributed by atoms with Crippen molar-refractivity contribution in [3.8, 4) is 0 Å². The van der Waals surface area contributed by atoms with Gasteiger partial charge in [-0.3, -0.25) is 0 Å². The van der Waals surface area contributed by atoms with Crippen LogP contribution in [0.2, 0.25) is 0 Å². The van der Waals surface area contributed by atoms with Gasteiger partial charge in [0.25, 0.3) is 0 Å². The van der Waals surface area contributed by atoms with Crippen molar-refractivity contribution in [3.63, 3.8) is 0 Å². The summed E-state index contributed by atoms with van der Waals surface area (Å²) in [5.41, 5.74) is 1.52. The van der Waals surface area contributed by atoms with E-state index in [0.717, 1.165) is 12.5 Å². The molecular weight excluding hydrogens is 252 g/mol. The van der Waals surface area contributed by atoms with E-state index in [9.17, 15) is 0 Å². The first kappa shape index (κ1) is 13.6. The Kier molecular flexibility index (Phi) is 3.95. The lowest BCUT2D eigenvalue weighted by molar-refractivity contribution is 0.203. The summed E-state index contributed by atoms with van der Waals surface area (Å²) in [6.45, 7) is 5.74. The summed E-state index contributed by atoms with van der Waals surface area (Å²) in [6.07, 6.45) is 10.5. The second kappa shape index (κ2) is 5.53. The lowest BCUT2D eigenvalue weighted by Crippen LogP contribution is -2.42. The Balaban J connectivity index is 1.79. The largest absolute Gasteiger partial charge is 0.306 e. The number of fused-ring (bicyclic) bond motifs is 1. The van der Waals surface area contributed by atoms with E-state index < -0.39 is 0 Å². The minimum absolute atomic E-state index is 0.121. The molecule has 19 heavy (non-hydrogen) atoms. The number of hydrogen-bond donors (Lipinski definition) is 1. The molecule has 0 radical (unpaired) electrons. The standard InChI is InChI=1S/C16H26N2S/c1-3-10-17-16(2,11-12-6-4-7-12)15-18-13-8-5-9-14(13)19-15/h12,17H,3-11H2,1-2H3. The topological polar surface area (TPSA) is 24.9 Å². The van der Waals surface area contributed by atoms with Gasteiger partial charge in [-0.25, -0.2) is 4.98 Å². The van der Waals surface area contributed by atoms with Crippen molar-refractivity contribution in [2.24, 2.45) is 5.92 Å². The molecule has 2 aliphatic rings. The van der Waals surface area contributed by atoms with Crippen LogP contribution in [0.15, 0.2) is 0 Å². The molecule has 3 rings (SSSR count). The summed E-state index contributed by atoms with van der Waals surface area (Å²) < 4.78 is 0. The first-order valence-electron chi connectivity index (χ1n) is 7.95. The average Bonchev–Trinajstić information content (AvgIpc) is 2.92. The Bertz CT molecular complexity index is 414. The van der Waals surface area contributed by atoms with Crippen molar-refractivity contribution in [1.82, 2.24) is 10.3 Å². The van der Waals surface area contributed by atoms with Crippen LogP contribution in [0, 0.1) is 5.92 Å². The molecule has 0 aromatic carbocycles. The molecule has 1 heterocycles.